The largest absolute Gasteiger partial charge is 0.508 e. The van der Waals surface area contributed by atoms with Gasteiger partial charge in [0.2, 0.25) is 47.5 Å². The molecular weight excluding hydrogens is 1360 g/mol. The Kier molecular flexibility index (Phi) is 20.6. The van der Waals surface area contributed by atoms with E-state index in [4.69, 9.17) is 57.4 Å². The number of aliphatic carboxylic acids is 1. The highest BCUT2D eigenvalue weighted by Gasteiger charge is 2.53. The smallest absolute Gasteiger partial charge is 0.330 e. The number of amides is 7. The zero-order chi connectivity index (χ0) is 72.4. The van der Waals surface area contributed by atoms with Crippen molar-refractivity contribution in [3.05, 3.63) is 117 Å². The molecule has 7 amide bonds. The van der Waals surface area contributed by atoms with Crippen molar-refractivity contribution in [2.24, 2.45) is 11.7 Å². The molecule has 5 aromatic rings. The third kappa shape index (κ3) is 14.1. The lowest BCUT2D eigenvalue weighted by molar-refractivity contribution is -0.333. The average molecular weight is 1430 g/mol. The number of fused-ring (bicyclic) bond motifs is 12. The zero-order valence-electron chi connectivity index (χ0n) is 53.7. The Labute approximate surface area is 578 Å². The summed E-state index contributed by atoms with van der Waals surface area (Å²) in [6.07, 6.45) is -18.3. The van der Waals surface area contributed by atoms with Crippen molar-refractivity contribution in [2.75, 3.05) is 13.7 Å². The van der Waals surface area contributed by atoms with Crippen LogP contribution in [0.1, 0.15) is 105 Å². The number of aliphatic hydroxyl groups excluding tert-OH is 6. The SMILES string of the molecule is CN[C@@H](CC(C)C)C(=O)N[C@H]1C(=O)N[C@H]2CC(=O)N(C2=O)[C@H]2C(=O)N[C@@H]3C(=O)N[C@@H](C(=O)N[C@@H](C(=O)O)c4cc(O)cc(O)c4-c4cc3ccc4O)[C@H](O)c3ccc(c(Cl)c3)Oc3cc2cc(c3O[C@H]2O[C@@H](CO)[C@H](O)[C@@H](O)[C@@H]2O[C@H]2C[C@](C)(N)[C@H](O)[C@@H](C)O2)Oc2ccc(cc2Cl)[C@@H]1O. The molecule has 8 heterocycles. The first-order valence-electron chi connectivity index (χ1n) is 31.5. The van der Waals surface area contributed by atoms with Crippen LogP contribution in [0.25, 0.3) is 11.1 Å². The number of carbonyl (C=O) groups excluding carboxylic acids is 7. The molecule has 3 fully saturated rings. The Morgan fingerprint density at radius 3 is 1.99 bits per heavy atom. The lowest BCUT2D eigenvalue weighted by Crippen LogP contribution is -2.64. The summed E-state index contributed by atoms with van der Waals surface area (Å²) in [5.74, 6) is -15.8. The number of aliphatic hydroxyl groups is 6. The van der Waals surface area contributed by atoms with E-state index in [2.05, 4.69) is 31.9 Å². The second-order valence-corrected chi connectivity index (χ2v) is 26.6. The lowest BCUT2D eigenvalue weighted by atomic mass is 9.86. The molecule has 32 nitrogen and oxygen atoms in total. The van der Waals surface area contributed by atoms with Crippen LogP contribution >= 0.6 is 23.2 Å². The Morgan fingerprint density at radius 2 is 1.39 bits per heavy atom. The molecule has 3 saturated heterocycles. The number of likely N-dealkylation sites (N-methyl/N-ethyl adjacent to an activating group) is 1. The Hall–Kier alpha value is -9.00. The molecule has 0 saturated carbocycles. The first-order chi connectivity index (χ1) is 47.3. The Morgan fingerprint density at radius 1 is 0.750 bits per heavy atom. The summed E-state index contributed by atoms with van der Waals surface area (Å²) in [4.78, 5) is 119. The molecule has 0 unspecified atom stereocenters. The summed E-state index contributed by atoms with van der Waals surface area (Å²) < 4.78 is 38.4. The van der Waals surface area contributed by atoms with Crippen LogP contribution in [-0.2, 0) is 52.6 Å². The molecule has 8 aliphatic heterocycles. The average Bonchev–Trinajstić information content (AvgIpc) is 0.857. The number of nitrogens with zero attached hydrogens (tertiary/aromatic N) is 1. The molecular formula is C66H72Cl2N8O24. The predicted octanol–water partition coefficient (Wildman–Crippen LogP) is 0.874. The minimum Gasteiger partial charge on any atom is -0.508 e. The van der Waals surface area contributed by atoms with Crippen LogP contribution in [0, 0.1) is 5.92 Å². The number of imide groups is 1. The van der Waals surface area contributed by atoms with Crippen molar-refractivity contribution < 1.29 is 118 Å². The topological polar surface area (TPSA) is 496 Å². The van der Waals surface area contributed by atoms with Crippen molar-refractivity contribution in [3.63, 3.8) is 0 Å². The standard InChI is InChI=1S/C66H72Cl2N8O24/c1-23(2)12-34(70-5)58(87)74-48-51(82)26-7-10-38(32(67)14-26)96-40-16-28-17-41(55(40)100-65-56(54(85)53(84)42(22-77)98-65)99-44-21-66(4,69)57(86)24(3)95-44)97-39-11-8-27(15-33(39)68)52(83)49-61(90)73-47(64(93)94)31-18-29(78)19-37(80)45(31)30-13-25(6-9-36(30)79)46(59(88)75-49)72-62(91)50(28)76-43(81)20-35(63(76)92)71-60(48)89/h6-11,13-19,23-24,34-35,42,44,46-54,56-57,65,70,77-80,82-86H,12,20-22,69H2,1-5H3,(H,71,89)(H,72,91)(H,73,90)(H,74,87)(H,75,88)(H,93,94)/t24-,34+,35+,42+,44+,46+,47-,48-,49-,50-,51+,52-,53+,54-,56+,57-,65-,66+/m1/s1. The van der Waals surface area contributed by atoms with Gasteiger partial charge in [-0.05, 0) is 110 Å². The van der Waals surface area contributed by atoms with Gasteiger partial charge in [-0.1, -0.05) is 55.2 Å². The maximum Gasteiger partial charge on any atom is 0.330 e. The van der Waals surface area contributed by atoms with E-state index in [1.54, 1.807) is 0 Å². The van der Waals surface area contributed by atoms with Gasteiger partial charge in [0.25, 0.3) is 5.91 Å². The number of halogens is 2. The molecule has 34 heteroatoms. The van der Waals surface area contributed by atoms with Crippen molar-refractivity contribution in [3.8, 4) is 57.1 Å². The van der Waals surface area contributed by atoms with E-state index in [9.17, 15) is 70.2 Å². The molecule has 8 aliphatic rings. The number of carboxylic acid groups (broad SMARTS) is 1. The van der Waals surface area contributed by atoms with Crippen LogP contribution < -0.4 is 51.8 Å². The molecule has 18 N–H and O–H groups in total. The van der Waals surface area contributed by atoms with Gasteiger partial charge in [-0.15, -0.1) is 0 Å². The third-order valence-corrected chi connectivity index (χ3v) is 18.8. The number of carbonyl (C=O) groups is 8. The van der Waals surface area contributed by atoms with Gasteiger partial charge >= 0.3 is 5.97 Å². The van der Waals surface area contributed by atoms with Crippen LogP contribution in [-0.4, -0.2) is 196 Å². The van der Waals surface area contributed by atoms with Gasteiger partial charge in [-0.2, -0.15) is 0 Å². The number of nitrogens with two attached hydrogens (primary N) is 1. The number of phenols is 3. The molecule has 534 valence electrons. The third-order valence-electron chi connectivity index (χ3n) is 18.2. The van der Waals surface area contributed by atoms with Crippen molar-refractivity contribution >= 4 is 70.5 Å². The molecule has 0 spiro atoms. The number of carboxylic acids is 1. The maximum absolute atomic E-state index is 16.2. The molecule has 13 rings (SSSR count). The van der Waals surface area contributed by atoms with Gasteiger partial charge in [-0.25, -0.2) is 4.79 Å². The highest BCUT2D eigenvalue weighted by molar-refractivity contribution is 6.32. The Balaban J connectivity index is 1.17. The van der Waals surface area contributed by atoms with E-state index < -0.39 is 237 Å². The van der Waals surface area contributed by atoms with Gasteiger partial charge < -0.3 is 117 Å². The van der Waals surface area contributed by atoms with Gasteiger partial charge in [-0.3, -0.25) is 38.5 Å². The second-order valence-electron chi connectivity index (χ2n) is 25.8. The second kappa shape index (κ2) is 28.6. The Bertz CT molecular complexity index is 4110. The van der Waals surface area contributed by atoms with Gasteiger partial charge in [0.05, 0.1) is 41.3 Å². The van der Waals surface area contributed by atoms with Gasteiger partial charge in [0.15, 0.2) is 29.9 Å². The molecule has 13 bridgehead atoms. The maximum atomic E-state index is 16.2. The fraction of sp³-hybridized carbons (Fsp3) is 0.424. The summed E-state index contributed by atoms with van der Waals surface area (Å²) in [6, 6.07) is -0.397. The fourth-order valence-electron chi connectivity index (χ4n) is 13.0. The van der Waals surface area contributed by atoms with Crippen LogP contribution in [0.5, 0.6) is 46.0 Å². The van der Waals surface area contributed by atoms with E-state index >= 15 is 19.2 Å². The molecule has 5 aromatic carbocycles. The highest BCUT2D eigenvalue weighted by Crippen LogP contribution is 2.51. The predicted molar refractivity (Wildman–Crippen MR) is 344 cm³/mol. The number of ether oxygens (including phenoxy) is 6. The normalized spacial score (nSPS) is 30.2. The van der Waals surface area contributed by atoms with E-state index in [0.29, 0.717) is 4.90 Å². The first-order valence-corrected chi connectivity index (χ1v) is 32.3. The number of hydrogen-bond donors (Lipinski definition) is 17. The molecule has 18 atom stereocenters. The van der Waals surface area contributed by atoms with Crippen molar-refractivity contribution in [1.82, 2.24) is 36.8 Å². The van der Waals surface area contributed by atoms with E-state index in [1.165, 1.54) is 33.0 Å². The van der Waals surface area contributed by atoms with Crippen LogP contribution in [0.4, 0.5) is 0 Å². The van der Waals surface area contributed by atoms with E-state index in [1.807, 2.05) is 13.8 Å². The molecule has 0 aromatic heterocycles. The minimum atomic E-state index is -2.44. The van der Waals surface area contributed by atoms with Crippen molar-refractivity contribution in [1.29, 1.82) is 0 Å². The quantitative estimate of drug-likeness (QED) is 0.0816. The minimum absolute atomic E-state index is 0.0749. The van der Waals surface area contributed by atoms with Gasteiger partial charge in [0, 0.05) is 34.7 Å². The van der Waals surface area contributed by atoms with Crippen molar-refractivity contribution in [2.45, 2.75) is 156 Å². The van der Waals surface area contributed by atoms with E-state index in [-0.39, 0.29) is 46.2 Å². The number of rotatable bonds is 11. The number of aromatic hydroxyl groups is 3. The number of phenolic OH excluding ortho intramolecular Hbond substituents is 3. The summed E-state index contributed by atoms with van der Waals surface area (Å²) in [5.41, 5.74) is 2.27. The highest BCUT2D eigenvalue weighted by atomic mass is 35.5. The summed E-state index contributed by atoms with van der Waals surface area (Å²) in [7, 11) is 1.49. The van der Waals surface area contributed by atoms with Crippen LogP contribution in [0.2, 0.25) is 10.0 Å². The zero-order valence-corrected chi connectivity index (χ0v) is 55.2. The number of nitrogens with one attached hydrogen (secondary N) is 6. The number of hydrogen-bond acceptors (Lipinski definition) is 25. The monoisotopic (exact) mass is 1430 g/mol. The summed E-state index contributed by atoms with van der Waals surface area (Å²) in [5, 5.41) is 128. The first kappa shape index (κ1) is 72.3. The molecule has 100 heavy (non-hydrogen) atoms. The van der Waals surface area contributed by atoms with E-state index in [0.717, 1.165) is 66.7 Å². The molecule has 0 radical (unpaired) electrons. The van der Waals surface area contributed by atoms with Crippen LogP contribution in [0.15, 0.2) is 78.9 Å². The van der Waals surface area contributed by atoms with Gasteiger partial charge in [0.1, 0.15) is 89.5 Å². The molecule has 0 aliphatic carbocycles. The number of benzene rings is 5. The summed E-state index contributed by atoms with van der Waals surface area (Å²) >= 11 is 14.1. The fourth-order valence-corrected chi connectivity index (χ4v) is 13.4. The lowest BCUT2D eigenvalue weighted by Gasteiger charge is -2.47. The van der Waals surface area contributed by atoms with Crippen LogP contribution in [0.3, 0.4) is 0 Å². The summed E-state index contributed by atoms with van der Waals surface area (Å²) in [6.45, 7) is 5.70.